The Morgan fingerprint density at radius 2 is 2.23 bits per heavy atom. The van der Waals surface area contributed by atoms with Crippen LogP contribution in [-0.2, 0) is 0 Å². The van der Waals surface area contributed by atoms with E-state index in [2.05, 4.69) is 0 Å². The third kappa shape index (κ3) is 1.29. The van der Waals surface area contributed by atoms with Crippen molar-refractivity contribution in [3.8, 4) is 0 Å². The van der Waals surface area contributed by atoms with Crippen molar-refractivity contribution in [2.24, 2.45) is 0 Å². The van der Waals surface area contributed by atoms with Crippen LogP contribution in [0.2, 0.25) is 0 Å². The van der Waals surface area contributed by atoms with Crippen molar-refractivity contribution in [1.29, 1.82) is 0 Å². The number of thiophene rings is 1. The zero-order valence-corrected chi connectivity index (χ0v) is 7.80. The first-order chi connectivity index (χ1) is 6.18. The highest BCUT2D eigenvalue weighted by Gasteiger charge is 2.13. The van der Waals surface area contributed by atoms with E-state index in [1.165, 1.54) is 11.3 Å². The van der Waals surface area contributed by atoms with Gasteiger partial charge in [0.2, 0.25) is 0 Å². The van der Waals surface area contributed by atoms with Crippen LogP contribution in [0.5, 0.6) is 0 Å². The molecule has 0 fully saturated rings. The van der Waals surface area contributed by atoms with Crippen molar-refractivity contribution in [2.75, 3.05) is 0 Å². The summed E-state index contributed by atoms with van der Waals surface area (Å²) in [5.41, 5.74) is 1.26. The van der Waals surface area contributed by atoms with Gasteiger partial charge in [-0.1, -0.05) is 11.6 Å². The SMILES string of the molecule is Cc1ccc2scc([N+](=O)[O-])c2c1. The second kappa shape index (κ2) is 2.81. The number of hydrogen-bond acceptors (Lipinski definition) is 3. The smallest absolute Gasteiger partial charge is 0.258 e. The van der Waals surface area contributed by atoms with Gasteiger partial charge in [-0.05, 0) is 19.1 Å². The standard InChI is InChI=1S/C9H7NO2S/c1-6-2-3-9-7(4-6)8(5-13-9)10(11)12/h2-5H,1H3. The average molecular weight is 193 g/mol. The zero-order valence-electron chi connectivity index (χ0n) is 6.98. The summed E-state index contributed by atoms with van der Waals surface area (Å²) >= 11 is 1.41. The molecule has 0 N–H and O–H groups in total. The van der Waals surface area contributed by atoms with Gasteiger partial charge in [-0.25, -0.2) is 0 Å². The molecule has 4 heteroatoms. The summed E-state index contributed by atoms with van der Waals surface area (Å²) < 4.78 is 0.970. The van der Waals surface area contributed by atoms with Crippen LogP contribution < -0.4 is 0 Å². The lowest BCUT2D eigenvalue weighted by Crippen LogP contribution is -1.84. The molecule has 1 aromatic heterocycles. The monoisotopic (exact) mass is 193 g/mol. The van der Waals surface area contributed by atoms with E-state index in [1.54, 1.807) is 5.38 Å². The Labute approximate surface area is 78.8 Å². The molecule has 0 saturated carbocycles. The minimum Gasteiger partial charge on any atom is -0.258 e. The highest BCUT2D eigenvalue weighted by molar-refractivity contribution is 7.17. The molecule has 1 heterocycles. The molecule has 0 bridgehead atoms. The molecule has 0 atom stereocenters. The summed E-state index contributed by atoms with van der Waals surface area (Å²) in [6.07, 6.45) is 0. The molecule has 66 valence electrons. The Morgan fingerprint density at radius 3 is 2.92 bits per heavy atom. The Balaban J connectivity index is 2.79. The average Bonchev–Trinajstić information content (AvgIpc) is 2.46. The van der Waals surface area contributed by atoms with Gasteiger partial charge in [0.25, 0.3) is 5.69 Å². The van der Waals surface area contributed by atoms with Gasteiger partial charge in [0.15, 0.2) is 0 Å². The molecule has 0 spiro atoms. The van der Waals surface area contributed by atoms with Gasteiger partial charge in [-0.3, -0.25) is 10.1 Å². The van der Waals surface area contributed by atoms with Gasteiger partial charge in [0.05, 0.1) is 15.7 Å². The molecule has 0 aliphatic rings. The maximum atomic E-state index is 10.6. The molecule has 1 aromatic carbocycles. The Morgan fingerprint density at radius 1 is 1.46 bits per heavy atom. The number of hydrogen-bond donors (Lipinski definition) is 0. The van der Waals surface area contributed by atoms with Crippen LogP contribution in [0.15, 0.2) is 23.6 Å². The Hall–Kier alpha value is -1.42. The normalized spacial score (nSPS) is 10.5. The third-order valence-electron chi connectivity index (χ3n) is 1.91. The van der Waals surface area contributed by atoms with Crippen molar-refractivity contribution < 1.29 is 4.92 Å². The van der Waals surface area contributed by atoms with E-state index in [1.807, 2.05) is 25.1 Å². The highest BCUT2D eigenvalue weighted by atomic mass is 32.1. The van der Waals surface area contributed by atoms with E-state index in [0.29, 0.717) is 0 Å². The number of aryl methyl sites for hydroxylation is 1. The lowest BCUT2D eigenvalue weighted by atomic mass is 10.2. The first-order valence-corrected chi connectivity index (χ1v) is 4.68. The predicted octanol–water partition coefficient (Wildman–Crippen LogP) is 3.12. The van der Waals surface area contributed by atoms with E-state index in [9.17, 15) is 10.1 Å². The van der Waals surface area contributed by atoms with Gasteiger partial charge in [0, 0.05) is 4.70 Å². The Kier molecular flexibility index (Phi) is 1.77. The molecular formula is C9H7NO2S. The van der Waals surface area contributed by atoms with Gasteiger partial charge in [0.1, 0.15) is 0 Å². The molecule has 13 heavy (non-hydrogen) atoms. The summed E-state index contributed by atoms with van der Waals surface area (Å²) in [6, 6.07) is 5.73. The van der Waals surface area contributed by atoms with Gasteiger partial charge in [-0.2, -0.15) is 0 Å². The van der Waals surface area contributed by atoms with Crippen LogP contribution in [0.3, 0.4) is 0 Å². The van der Waals surface area contributed by atoms with Crippen LogP contribution in [0.4, 0.5) is 5.69 Å². The lowest BCUT2D eigenvalue weighted by Gasteiger charge is -1.92. The molecule has 2 rings (SSSR count). The number of benzene rings is 1. The molecule has 0 aliphatic carbocycles. The molecule has 0 amide bonds. The molecule has 0 radical (unpaired) electrons. The summed E-state index contributed by atoms with van der Waals surface area (Å²) in [6.45, 7) is 1.93. The van der Waals surface area contributed by atoms with E-state index in [4.69, 9.17) is 0 Å². The van der Waals surface area contributed by atoms with Crippen LogP contribution >= 0.6 is 11.3 Å². The van der Waals surface area contributed by atoms with Crippen molar-refractivity contribution >= 4 is 27.1 Å². The fraction of sp³-hybridized carbons (Fsp3) is 0.111. The van der Waals surface area contributed by atoms with E-state index < -0.39 is 0 Å². The fourth-order valence-electron chi connectivity index (χ4n) is 1.27. The van der Waals surface area contributed by atoms with Crippen molar-refractivity contribution in [1.82, 2.24) is 0 Å². The molecular weight excluding hydrogens is 186 g/mol. The molecule has 0 unspecified atom stereocenters. The predicted molar refractivity (Wildman–Crippen MR) is 53.2 cm³/mol. The third-order valence-corrected chi connectivity index (χ3v) is 2.86. The molecule has 3 nitrogen and oxygen atoms in total. The van der Waals surface area contributed by atoms with Gasteiger partial charge < -0.3 is 0 Å². The summed E-state index contributed by atoms with van der Waals surface area (Å²) in [5, 5.41) is 12.9. The largest absolute Gasteiger partial charge is 0.287 e. The van der Waals surface area contributed by atoms with E-state index >= 15 is 0 Å². The topological polar surface area (TPSA) is 43.1 Å². The minimum atomic E-state index is -0.335. The van der Waals surface area contributed by atoms with Crippen molar-refractivity contribution in [3.05, 3.63) is 39.3 Å². The molecule has 2 aromatic rings. The van der Waals surface area contributed by atoms with Crippen molar-refractivity contribution in [3.63, 3.8) is 0 Å². The van der Waals surface area contributed by atoms with Crippen LogP contribution in [0.25, 0.3) is 10.1 Å². The quantitative estimate of drug-likeness (QED) is 0.516. The molecule has 0 aliphatic heterocycles. The number of nitrogens with zero attached hydrogens (tertiary/aromatic N) is 1. The number of rotatable bonds is 1. The zero-order chi connectivity index (χ0) is 9.42. The lowest BCUT2D eigenvalue weighted by molar-refractivity contribution is -0.382. The fourth-order valence-corrected chi connectivity index (χ4v) is 2.16. The van der Waals surface area contributed by atoms with Gasteiger partial charge >= 0.3 is 0 Å². The van der Waals surface area contributed by atoms with E-state index in [0.717, 1.165) is 15.6 Å². The first-order valence-electron chi connectivity index (χ1n) is 3.81. The Bertz CT molecular complexity index is 475. The van der Waals surface area contributed by atoms with Crippen LogP contribution in [0, 0.1) is 17.0 Å². The maximum Gasteiger partial charge on any atom is 0.287 e. The van der Waals surface area contributed by atoms with Crippen molar-refractivity contribution in [2.45, 2.75) is 6.92 Å². The van der Waals surface area contributed by atoms with Crippen LogP contribution in [-0.4, -0.2) is 4.92 Å². The van der Waals surface area contributed by atoms with Crippen LogP contribution in [0.1, 0.15) is 5.56 Å². The highest BCUT2D eigenvalue weighted by Crippen LogP contribution is 2.32. The minimum absolute atomic E-state index is 0.212. The van der Waals surface area contributed by atoms with Gasteiger partial charge in [-0.15, -0.1) is 11.3 Å². The maximum absolute atomic E-state index is 10.6. The first kappa shape index (κ1) is 8.19. The summed E-state index contributed by atoms with van der Waals surface area (Å²) in [7, 11) is 0. The number of fused-ring (bicyclic) bond motifs is 1. The summed E-state index contributed by atoms with van der Waals surface area (Å²) in [4.78, 5) is 10.3. The second-order valence-electron chi connectivity index (χ2n) is 2.88. The summed E-state index contributed by atoms with van der Waals surface area (Å²) in [5.74, 6) is 0. The number of nitro groups is 1. The van der Waals surface area contributed by atoms with E-state index in [-0.39, 0.29) is 10.6 Å². The second-order valence-corrected chi connectivity index (χ2v) is 3.79. The molecule has 0 saturated heterocycles.